The van der Waals surface area contributed by atoms with Crippen molar-refractivity contribution in [1.29, 1.82) is 0 Å². The summed E-state index contributed by atoms with van der Waals surface area (Å²) >= 11 is 0. The lowest BCUT2D eigenvalue weighted by atomic mass is 10.1. The SMILES string of the molecule is C=C(O)CCCCCC.NC(N)=O. The molecule has 0 spiro atoms. The molecule has 0 bridgehead atoms. The Labute approximate surface area is 79.6 Å². The van der Waals surface area contributed by atoms with E-state index in [1.807, 2.05) is 0 Å². The van der Waals surface area contributed by atoms with Crippen LogP contribution in [0.15, 0.2) is 12.3 Å². The number of unbranched alkanes of at least 4 members (excludes halogenated alkanes) is 3. The molecule has 2 amide bonds. The first-order valence-electron chi connectivity index (χ1n) is 4.42. The molecule has 0 rings (SSSR count). The van der Waals surface area contributed by atoms with Gasteiger partial charge in [0.15, 0.2) is 0 Å². The highest BCUT2D eigenvalue weighted by Crippen LogP contribution is 2.05. The molecule has 0 aliphatic rings. The summed E-state index contributed by atoms with van der Waals surface area (Å²) in [5.74, 6) is 0.325. The van der Waals surface area contributed by atoms with E-state index >= 15 is 0 Å². The average molecular weight is 188 g/mol. The van der Waals surface area contributed by atoms with Crippen LogP contribution in [0.4, 0.5) is 4.79 Å². The zero-order chi connectivity index (χ0) is 10.7. The molecule has 0 aliphatic heterocycles. The van der Waals surface area contributed by atoms with Crippen molar-refractivity contribution in [1.82, 2.24) is 0 Å². The van der Waals surface area contributed by atoms with Crippen LogP contribution in [-0.2, 0) is 0 Å². The fourth-order valence-corrected chi connectivity index (χ4v) is 0.756. The number of carbonyl (C=O) groups excluding carboxylic acids is 1. The Morgan fingerprint density at radius 2 is 1.77 bits per heavy atom. The third-order valence-corrected chi connectivity index (χ3v) is 1.32. The van der Waals surface area contributed by atoms with Gasteiger partial charge in [-0.2, -0.15) is 0 Å². The Hall–Kier alpha value is -1.19. The van der Waals surface area contributed by atoms with E-state index in [0.717, 1.165) is 12.8 Å². The van der Waals surface area contributed by atoms with Crippen molar-refractivity contribution < 1.29 is 9.90 Å². The summed E-state index contributed by atoms with van der Waals surface area (Å²) in [5.41, 5.74) is 8.50. The Morgan fingerprint density at radius 3 is 2.08 bits per heavy atom. The van der Waals surface area contributed by atoms with Gasteiger partial charge in [-0.1, -0.05) is 32.8 Å². The normalized spacial score (nSPS) is 8.38. The molecule has 0 aromatic heterocycles. The lowest BCUT2D eigenvalue weighted by molar-refractivity contribution is 0.256. The standard InChI is InChI=1S/C8H16O.CH4N2O/c1-3-4-5-6-7-8(2)9;2-1(3)4/h9H,2-7H2,1H3;(H4,2,3,4). The second-order valence-electron chi connectivity index (χ2n) is 2.78. The van der Waals surface area contributed by atoms with Crippen LogP contribution >= 0.6 is 0 Å². The van der Waals surface area contributed by atoms with Crippen LogP contribution < -0.4 is 11.5 Å². The monoisotopic (exact) mass is 188 g/mol. The number of primary amides is 2. The molecule has 0 aliphatic carbocycles. The smallest absolute Gasteiger partial charge is 0.309 e. The molecule has 4 heteroatoms. The van der Waals surface area contributed by atoms with Crippen molar-refractivity contribution in [3.05, 3.63) is 12.3 Å². The van der Waals surface area contributed by atoms with E-state index in [0.29, 0.717) is 5.76 Å². The third-order valence-electron chi connectivity index (χ3n) is 1.32. The summed E-state index contributed by atoms with van der Waals surface area (Å²) in [6.45, 7) is 5.58. The molecule has 0 unspecified atom stereocenters. The largest absolute Gasteiger partial charge is 0.513 e. The van der Waals surface area contributed by atoms with Crippen LogP contribution in [0.2, 0.25) is 0 Å². The minimum absolute atomic E-state index is 0.325. The molecule has 4 nitrogen and oxygen atoms in total. The van der Waals surface area contributed by atoms with Crippen molar-refractivity contribution in [2.45, 2.75) is 39.0 Å². The van der Waals surface area contributed by atoms with E-state index in [-0.39, 0.29) is 0 Å². The summed E-state index contributed by atoms with van der Waals surface area (Å²) in [4.78, 5) is 9.00. The molecule has 0 atom stereocenters. The van der Waals surface area contributed by atoms with Gasteiger partial charge in [0, 0.05) is 6.42 Å². The zero-order valence-electron chi connectivity index (χ0n) is 8.25. The minimum Gasteiger partial charge on any atom is -0.513 e. The van der Waals surface area contributed by atoms with Gasteiger partial charge in [0.05, 0.1) is 5.76 Å². The first-order valence-corrected chi connectivity index (χ1v) is 4.42. The first kappa shape index (κ1) is 14.3. The zero-order valence-corrected chi connectivity index (χ0v) is 8.25. The molecular weight excluding hydrogens is 168 g/mol. The molecular formula is C9H20N2O2. The van der Waals surface area contributed by atoms with Gasteiger partial charge in [0.1, 0.15) is 0 Å². The maximum Gasteiger partial charge on any atom is 0.309 e. The van der Waals surface area contributed by atoms with E-state index < -0.39 is 6.03 Å². The van der Waals surface area contributed by atoms with Crippen molar-refractivity contribution in [3.8, 4) is 0 Å². The highest BCUT2D eigenvalue weighted by atomic mass is 16.3. The van der Waals surface area contributed by atoms with Gasteiger partial charge in [-0.25, -0.2) is 4.79 Å². The molecule has 5 N–H and O–H groups in total. The Kier molecular flexibility index (Phi) is 11.9. The number of nitrogens with two attached hydrogens (primary N) is 2. The van der Waals surface area contributed by atoms with E-state index in [9.17, 15) is 0 Å². The number of allylic oxidation sites excluding steroid dienone is 1. The van der Waals surface area contributed by atoms with E-state index in [1.165, 1.54) is 19.3 Å². The quantitative estimate of drug-likeness (QED) is 0.455. The lowest BCUT2D eigenvalue weighted by Crippen LogP contribution is -2.18. The van der Waals surface area contributed by atoms with E-state index in [2.05, 4.69) is 25.0 Å². The molecule has 0 saturated carbocycles. The van der Waals surface area contributed by atoms with Crippen LogP contribution in [0.5, 0.6) is 0 Å². The predicted octanol–water partition coefficient (Wildman–Crippen LogP) is 2.05. The highest BCUT2D eigenvalue weighted by molar-refractivity contribution is 5.69. The number of urea groups is 1. The van der Waals surface area contributed by atoms with Gasteiger partial charge in [-0.05, 0) is 6.42 Å². The van der Waals surface area contributed by atoms with Crippen LogP contribution in [0.3, 0.4) is 0 Å². The van der Waals surface area contributed by atoms with Gasteiger partial charge in [0.2, 0.25) is 0 Å². The Balaban J connectivity index is 0. The second-order valence-corrected chi connectivity index (χ2v) is 2.78. The lowest BCUT2D eigenvalue weighted by Gasteiger charge is -1.96. The molecule has 0 aromatic rings. The van der Waals surface area contributed by atoms with Gasteiger partial charge in [-0.3, -0.25) is 0 Å². The van der Waals surface area contributed by atoms with Crippen molar-refractivity contribution in [3.63, 3.8) is 0 Å². The highest BCUT2D eigenvalue weighted by Gasteiger charge is 1.88. The average Bonchev–Trinajstić information content (AvgIpc) is 1.97. The van der Waals surface area contributed by atoms with Gasteiger partial charge >= 0.3 is 6.03 Å². The molecule has 0 aromatic carbocycles. The third kappa shape index (κ3) is 36.3. The second kappa shape index (κ2) is 10.8. The minimum atomic E-state index is -0.833. The Morgan fingerprint density at radius 1 is 1.31 bits per heavy atom. The molecule has 78 valence electrons. The maximum absolute atomic E-state index is 9.00. The number of aliphatic hydroxyl groups is 1. The van der Waals surface area contributed by atoms with Crippen LogP contribution in [-0.4, -0.2) is 11.1 Å². The summed E-state index contributed by atoms with van der Waals surface area (Å²) in [6.07, 6.45) is 5.60. The number of amides is 2. The summed E-state index contributed by atoms with van der Waals surface area (Å²) in [5, 5.41) is 8.66. The number of hydrogen-bond acceptors (Lipinski definition) is 2. The predicted molar refractivity (Wildman–Crippen MR) is 54.3 cm³/mol. The number of aliphatic hydroxyl groups excluding tert-OH is 1. The molecule has 0 fully saturated rings. The van der Waals surface area contributed by atoms with E-state index in [1.54, 1.807) is 0 Å². The molecule has 0 heterocycles. The van der Waals surface area contributed by atoms with Crippen molar-refractivity contribution in [2.24, 2.45) is 11.5 Å². The number of carbonyl (C=O) groups is 1. The summed E-state index contributed by atoms with van der Waals surface area (Å²) in [6, 6.07) is -0.833. The van der Waals surface area contributed by atoms with Crippen LogP contribution in [0.1, 0.15) is 39.0 Å². The number of hydrogen-bond donors (Lipinski definition) is 3. The Bertz CT molecular complexity index is 143. The maximum atomic E-state index is 9.00. The first-order chi connectivity index (χ1) is 6.00. The topological polar surface area (TPSA) is 89.3 Å². The fourth-order valence-electron chi connectivity index (χ4n) is 0.756. The van der Waals surface area contributed by atoms with Gasteiger partial charge in [-0.15, -0.1) is 0 Å². The molecule has 13 heavy (non-hydrogen) atoms. The summed E-state index contributed by atoms with van der Waals surface area (Å²) < 4.78 is 0. The van der Waals surface area contributed by atoms with Crippen LogP contribution in [0.25, 0.3) is 0 Å². The summed E-state index contributed by atoms with van der Waals surface area (Å²) in [7, 11) is 0. The van der Waals surface area contributed by atoms with E-state index in [4.69, 9.17) is 9.90 Å². The molecule has 0 saturated heterocycles. The van der Waals surface area contributed by atoms with Crippen LogP contribution in [0, 0.1) is 0 Å². The van der Waals surface area contributed by atoms with Gasteiger partial charge < -0.3 is 16.6 Å². The fraction of sp³-hybridized carbons (Fsp3) is 0.667. The van der Waals surface area contributed by atoms with Crippen molar-refractivity contribution >= 4 is 6.03 Å². The molecule has 0 radical (unpaired) electrons. The van der Waals surface area contributed by atoms with Gasteiger partial charge in [0.25, 0.3) is 0 Å². The van der Waals surface area contributed by atoms with Crippen molar-refractivity contribution in [2.75, 3.05) is 0 Å². The number of rotatable bonds is 5.